The third-order valence-corrected chi connectivity index (χ3v) is 3.22. The zero-order chi connectivity index (χ0) is 13.0. The van der Waals surface area contributed by atoms with Crippen LogP contribution in [0.25, 0.3) is 0 Å². The van der Waals surface area contributed by atoms with E-state index in [1.807, 2.05) is 12.1 Å². The second-order valence-electron chi connectivity index (χ2n) is 4.64. The molecule has 1 saturated heterocycles. The zero-order valence-corrected chi connectivity index (χ0v) is 10.9. The highest BCUT2D eigenvalue weighted by Gasteiger charge is 2.20. The van der Waals surface area contributed by atoms with E-state index in [9.17, 15) is 4.79 Å². The average Bonchev–Trinajstić information content (AvgIpc) is 2.38. The molecule has 1 heterocycles. The molecule has 0 spiro atoms. The Labute approximate surface area is 107 Å². The molecule has 1 aliphatic heterocycles. The highest BCUT2D eigenvalue weighted by Crippen LogP contribution is 2.31. The Morgan fingerprint density at radius 1 is 1.44 bits per heavy atom. The lowest BCUT2D eigenvalue weighted by Crippen LogP contribution is -2.38. The van der Waals surface area contributed by atoms with Crippen LogP contribution in [0.1, 0.15) is 23.2 Å². The molecule has 98 valence electrons. The van der Waals surface area contributed by atoms with Crippen molar-refractivity contribution in [2.75, 3.05) is 27.2 Å². The van der Waals surface area contributed by atoms with Crippen LogP contribution < -0.4 is 9.47 Å². The van der Waals surface area contributed by atoms with Crippen molar-refractivity contribution in [3.05, 3.63) is 23.8 Å². The number of hydrogen-bond acceptors (Lipinski definition) is 4. The molecule has 1 atom stereocenters. The van der Waals surface area contributed by atoms with Crippen LogP contribution in [-0.4, -0.2) is 44.5 Å². The van der Waals surface area contributed by atoms with E-state index in [2.05, 4.69) is 11.9 Å². The number of ether oxygens (including phenoxy) is 2. The van der Waals surface area contributed by atoms with E-state index in [0.717, 1.165) is 32.2 Å². The SMILES string of the molecule is COc1c(C=O)cccc1OC1CCCN(C)C1. The van der Waals surface area contributed by atoms with Gasteiger partial charge in [-0.2, -0.15) is 0 Å². The van der Waals surface area contributed by atoms with Crippen molar-refractivity contribution in [3.8, 4) is 11.5 Å². The van der Waals surface area contributed by atoms with Crippen molar-refractivity contribution < 1.29 is 14.3 Å². The lowest BCUT2D eigenvalue weighted by Gasteiger charge is -2.30. The molecule has 1 unspecified atom stereocenters. The first-order chi connectivity index (χ1) is 8.74. The van der Waals surface area contributed by atoms with Gasteiger partial charge in [0.25, 0.3) is 0 Å². The molecule has 4 nitrogen and oxygen atoms in total. The highest BCUT2D eigenvalue weighted by atomic mass is 16.5. The minimum Gasteiger partial charge on any atom is -0.492 e. The normalized spacial score (nSPS) is 20.4. The van der Waals surface area contributed by atoms with Crippen molar-refractivity contribution >= 4 is 6.29 Å². The maximum absolute atomic E-state index is 10.9. The number of carbonyl (C=O) groups excluding carboxylic acids is 1. The smallest absolute Gasteiger partial charge is 0.171 e. The van der Waals surface area contributed by atoms with E-state index >= 15 is 0 Å². The number of likely N-dealkylation sites (N-methyl/N-ethyl adjacent to an activating group) is 1. The standard InChI is InChI=1S/C14H19NO3/c1-15-8-4-6-12(9-15)18-13-7-3-5-11(10-16)14(13)17-2/h3,5,7,10,12H,4,6,8-9H2,1-2H3. The molecule has 0 radical (unpaired) electrons. The van der Waals surface area contributed by atoms with Crippen LogP contribution in [0, 0.1) is 0 Å². The van der Waals surface area contributed by atoms with E-state index in [0.29, 0.717) is 17.1 Å². The van der Waals surface area contributed by atoms with Gasteiger partial charge in [-0.05, 0) is 38.6 Å². The first-order valence-corrected chi connectivity index (χ1v) is 6.22. The van der Waals surface area contributed by atoms with Gasteiger partial charge >= 0.3 is 0 Å². The van der Waals surface area contributed by atoms with Gasteiger partial charge in [0.1, 0.15) is 6.10 Å². The number of nitrogens with zero attached hydrogens (tertiary/aromatic N) is 1. The number of benzene rings is 1. The van der Waals surface area contributed by atoms with Crippen molar-refractivity contribution in [2.24, 2.45) is 0 Å². The van der Waals surface area contributed by atoms with Gasteiger partial charge in [-0.1, -0.05) is 6.07 Å². The van der Waals surface area contributed by atoms with Crippen LogP contribution in [0.3, 0.4) is 0 Å². The van der Waals surface area contributed by atoms with Gasteiger partial charge < -0.3 is 14.4 Å². The van der Waals surface area contributed by atoms with Crippen molar-refractivity contribution in [3.63, 3.8) is 0 Å². The summed E-state index contributed by atoms with van der Waals surface area (Å²) in [7, 11) is 3.65. The molecule has 0 saturated carbocycles. The van der Waals surface area contributed by atoms with E-state index in [1.165, 1.54) is 0 Å². The third kappa shape index (κ3) is 2.82. The molecule has 4 heteroatoms. The van der Waals surface area contributed by atoms with Crippen molar-refractivity contribution in [1.82, 2.24) is 4.90 Å². The second kappa shape index (κ2) is 5.87. The molecule has 1 aliphatic rings. The predicted octanol–water partition coefficient (Wildman–Crippen LogP) is 1.98. The lowest BCUT2D eigenvalue weighted by atomic mass is 10.1. The summed E-state index contributed by atoms with van der Waals surface area (Å²) in [6, 6.07) is 5.39. The molecule has 1 fully saturated rings. The Morgan fingerprint density at radius 2 is 2.28 bits per heavy atom. The van der Waals surface area contributed by atoms with Crippen LogP contribution in [-0.2, 0) is 0 Å². The summed E-state index contributed by atoms with van der Waals surface area (Å²) in [6.07, 6.45) is 3.13. The average molecular weight is 249 g/mol. The first-order valence-electron chi connectivity index (χ1n) is 6.22. The lowest BCUT2D eigenvalue weighted by molar-refractivity contribution is 0.100. The van der Waals surface area contributed by atoms with Gasteiger partial charge in [-0.3, -0.25) is 4.79 Å². The monoisotopic (exact) mass is 249 g/mol. The highest BCUT2D eigenvalue weighted by molar-refractivity contribution is 5.81. The predicted molar refractivity (Wildman–Crippen MR) is 69.5 cm³/mol. The van der Waals surface area contributed by atoms with E-state index in [1.54, 1.807) is 13.2 Å². The molecule has 1 aromatic rings. The van der Waals surface area contributed by atoms with Gasteiger partial charge in [0.2, 0.25) is 0 Å². The second-order valence-corrected chi connectivity index (χ2v) is 4.64. The molecule has 18 heavy (non-hydrogen) atoms. The Morgan fingerprint density at radius 3 is 2.94 bits per heavy atom. The van der Waals surface area contributed by atoms with Crippen LogP contribution in [0.15, 0.2) is 18.2 Å². The van der Waals surface area contributed by atoms with Crippen LogP contribution in [0.4, 0.5) is 0 Å². The number of piperidine rings is 1. The number of aldehydes is 1. The maximum atomic E-state index is 10.9. The number of hydrogen-bond donors (Lipinski definition) is 0. The number of carbonyl (C=O) groups is 1. The molecular weight excluding hydrogens is 230 g/mol. The minimum absolute atomic E-state index is 0.166. The fourth-order valence-corrected chi connectivity index (χ4v) is 2.33. The largest absolute Gasteiger partial charge is 0.492 e. The topological polar surface area (TPSA) is 38.8 Å². The zero-order valence-electron chi connectivity index (χ0n) is 10.9. The first kappa shape index (κ1) is 12.9. The molecule has 1 aromatic carbocycles. The fraction of sp³-hybridized carbons (Fsp3) is 0.500. The maximum Gasteiger partial charge on any atom is 0.171 e. The summed E-state index contributed by atoms with van der Waals surface area (Å²) in [5, 5.41) is 0. The fourth-order valence-electron chi connectivity index (χ4n) is 2.33. The van der Waals surface area contributed by atoms with Gasteiger partial charge in [0.05, 0.1) is 12.7 Å². The van der Waals surface area contributed by atoms with Crippen LogP contribution >= 0.6 is 0 Å². The Bertz CT molecular complexity index is 420. The Kier molecular flexibility index (Phi) is 4.20. The third-order valence-electron chi connectivity index (χ3n) is 3.22. The number of rotatable bonds is 4. The Hall–Kier alpha value is -1.55. The molecule has 0 amide bonds. The van der Waals surface area contributed by atoms with Gasteiger partial charge in [0.15, 0.2) is 17.8 Å². The van der Waals surface area contributed by atoms with E-state index < -0.39 is 0 Å². The van der Waals surface area contributed by atoms with Gasteiger partial charge in [0, 0.05) is 6.54 Å². The summed E-state index contributed by atoms with van der Waals surface area (Å²) in [5.74, 6) is 1.18. The van der Waals surface area contributed by atoms with Gasteiger partial charge in [-0.25, -0.2) is 0 Å². The summed E-state index contributed by atoms with van der Waals surface area (Å²) >= 11 is 0. The van der Waals surface area contributed by atoms with E-state index in [-0.39, 0.29) is 6.10 Å². The summed E-state index contributed by atoms with van der Waals surface area (Å²) in [5.41, 5.74) is 0.527. The van der Waals surface area contributed by atoms with Crippen molar-refractivity contribution in [2.45, 2.75) is 18.9 Å². The molecule has 2 rings (SSSR count). The van der Waals surface area contributed by atoms with Gasteiger partial charge in [-0.15, -0.1) is 0 Å². The molecular formula is C14H19NO3. The molecule has 0 bridgehead atoms. The van der Waals surface area contributed by atoms with Crippen molar-refractivity contribution in [1.29, 1.82) is 0 Å². The van der Waals surface area contributed by atoms with Crippen LogP contribution in [0.2, 0.25) is 0 Å². The molecule has 0 aliphatic carbocycles. The quantitative estimate of drug-likeness (QED) is 0.765. The van der Waals surface area contributed by atoms with E-state index in [4.69, 9.17) is 9.47 Å². The summed E-state index contributed by atoms with van der Waals surface area (Å²) in [6.45, 7) is 2.03. The molecule has 0 aromatic heterocycles. The minimum atomic E-state index is 0.166. The van der Waals surface area contributed by atoms with Crippen LogP contribution in [0.5, 0.6) is 11.5 Å². The molecule has 0 N–H and O–H groups in total. The summed E-state index contributed by atoms with van der Waals surface area (Å²) in [4.78, 5) is 13.2. The summed E-state index contributed by atoms with van der Waals surface area (Å²) < 4.78 is 11.2. The Balaban J connectivity index is 2.15. The number of likely N-dealkylation sites (tertiary alicyclic amines) is 1. The number of methoxy groups -OCH3 is 1. The number of para-hydroxylation sites is 1.